The van der Waals surface area contributed by atoms with Crippen LogP contribution in [0.2, 0.25) is 0 Å². The molecule has 2 aliphatic heterocycles. The molecule has 0 saturated carbocycles. The normalized spacial score (nSPS) is 20.3. The second kappa shape index (κ2) is 11.3. The van der Waals surface area contributed by atoms with Crippen molar-refractivity contribution in [3.05, 3.63) is 0 Å². The zero-order chi connectivity index (χ0) is 23.0. The first kappa shape index (κ1) is 24.9. The number of carboxylic acid groups (broad SMARTS) is 1. The van der Waals surface area contributed by atoms with E-state index in [-0.39, 0.29) is 36.8 Å². The summed E-state index contributed by atoms with van der Waals surface area (Å²) < 4.78 is 5.41. The minimum absolute atomic E-state index is 0.00199. The fourth-order valence-corrected chi connectivity index (χ4v) is 4.06. The number of carbonyl (C=O) groups excluding carboxylic acids is 3. The highest BCUT2D eigenvalue weighted by Gasteiger charge is 2.28. The molecule has 1 unspecified atom stereocenters. The SMILES string of the molecule is CC(C)(C)OC(=O)N1CCC(CCC(=O)NC2CCCN(C(=O)CCC(=O)O)C2)CC1. The Bertz CT molecular complexity index is 652. The number of piperidine rings is 2. The molecule has 1 atom stereocenters. The second-order valence-corrected chi connectivity index (χ2v) is 9.59. The molecule has 9 nitrogen and oxygen atoms in total. The number of carboxylic acids is 1. The van der Waals surface area contributed by atoms with Crippen LogP contribution in [0.4, 0.5) is 4.79 Å². The molecule has 2 rings (SSSR count). The van der Waals surface area contributed by atoms with Crippen LogP contribution >= 0.6 is 0 Å². The van der Waals surface area contributed by atoms with E-state index < -0.39 is 11.6 Å². The third-order valence-corrected chi connectivity index (χ3v) is 5.74. The van der Waals surface area contributed by atoms with Gasteiger partial charge in [0.15, 0.2) is 0 Å². The fraction of sp³-hybridized carbons (Fsp3) is 0.818. The maximum atomic E-state index is 12.4. The Labute approximate surface area is 184 Å². The van der Waals surface area contributed by atoms with Crippen LogP contribution in [0, 0.1) is 5.92 Å². The summed E-state index contributed by atoms with van der Waals surface area (Å²) in [5, 5.41) is 11.8. The zero-order valence-electron chi connectivity index (χ0n) is 19.0. The Morgan fingerprint density at radius 2 is 1.65 bits per heavy atom. The minimum atomic E-state index is -0.979. The molecule has 2 fully saturated rings. The van der Waals surface area contributed by atoms with Gasteiger partial charge in [-0.15, -0.1) is 0 Å². The number of nitrogens with zero attached hydrogens (tertiary/aromatic N) is 2. The molecule has 2 N–H and O–H groups in total. The lowest BCUT2D eigenvalue weighted by Crippen LogP contribution is -2.49. The highest BCUT2D eigenvalue weighted by atomic mass is 16.6. The Kier molecular flexibility index (Phi) is 9.13. The number of amides is 3. The average molecular weight is 440 g/mol. The molecular weight excluding hydrogens is 402 g/mol. The number of ether oxygens (including phenoxy) is 1. The zero-order valence-corrected chi connectivity index (χ0v) is 19.0. The second-order valence-electron chi connectivity index (χ2n) is 9.59. The number of rotatable bonds is 7. The lowest BCUT2D eigenvalue weighted by Gasteiger charge is -2.34. The van der Waals surface area contributed by atoms with Crippen LogP contribution in [0.25, 0.3) is 0 Å². The molecule has 2 aliphatic rings. The molecule has 2 heterocycles. The van der Waals surface area contributed by atoms with Crippen LogP contribution in [0.5, 0.6) is 0 Å². The lowest BCUT2D eigenvalue weighted by atomic mass is 9.92. The molecule has 0 aliphatic carbocycles. The monoisotopic (exact) mass is 439 g/mol. The number of aliphatic carboxylic acids is 1. The summed E-state index contributed by atoms with van der Waals surface area (Å²) in [4.78, 5) is 50.7. The maximum Gasteiger partial charge on any atom is 0.410 e. The van der Waals surface area contributed by atoms with E-state index in [4.69, 9.17) is 9.84 Å². The molecule has 0 aromatic rings. The molecule has 176 valence electrons. The largest absolute Gasteiger partial charge is 0.481 e. The summed E-state index contributed by atoms with van der Waals surface area (Å²) in [6.07, 6.45) is 4.11. The van der Waals surface area contributed by atoms with Crippen molar-refractivity contribution in [3.63, 3.8) is 0 Å². The quantitative estimate of drug-likeness (QED) is 0.629. The molecule has 0 radical (unpaired) electrons. The van der Waals surface area contributed by atoms with E-state index in [0.29, 0.717) is 38.5 Å². The van der Waals surface area contributed by atoms with Gasteiger partial charge in [0, 0.05) is 45.1 Å². The standard InChI is InChI=1S/C22H37N3O6/c1-22(2,3)31-21(30)24-13-10-16(11-14-24)6-7-18(26)23-17-5-4-12-25(15-17)19(27)8-9-20(28)29/h16-17H,4-15H2,1-3H3,(H,23,26)(H,28,29). The van der Waals surface area contributed by atoms with E-state index in [1.54, 1.807) is 9.80 Å². The molecule has 0 spiro atoms. The molecule has 0 aromatic carbocycles. The van der Waals surface area contributed by atoms with Gasteiger partial charge in [-0.3, -0.25) is 14.4 Å². The van der Waals surface area contributed by atoms with Crippen molar-refractivity contribution in [2.24, 2.45) is 5.92 Å². The molecule has 9 heteroatoms. The summed E-state index contributed by atoms with van der Waals surface area (Å²) in [6, 6.07) is -0.0796. The van der Waals surface area contributed by atoms with Crippen LogP contribution in [0.15, 0.2) is 0 Å². The smallest absolute Gasteiger partial charge is 0.410 e. The van der Waals surface area contributed by atoms with Gasteiger partial charge in [0.2, 0.25) is 11.8 Å². The van der Waals surface area contributed by atoms with Crippen molar-refractivity contribution < 1.29 is 29.0 Å². The van der Waals surface area contributed by atoms with Crippen LogP contribution in [0.3, 0.4) is 0 Å². The van der Waals surface area contributed by atoms with Gasteiger partial charge in [-0.25, -0.2) is 4.79 Å². The first-order valence-corrected chi connectivity index (χ1v) is 11.3. The number of hydrogen-bond acceptors (Lipinski definition) is 5. The Hall–Kier alpha value is -2.32. The van der Waals surface area contributed by atoms with Gasteiger partial charge in [-0.1, -0.05) is 0 Å². The summed E-state index contributed by atoms with van der Waals surface area (Å²) >= 11 is 0. The maximum absolute atomic E-state index is 12.4. The van der Waals surface area contributed by atoms with E-state index in [2.05, 4.69) is 5.32 Å². The first-order chi connectivity index (χ1) is 14.5. The molecule has 0 aromatic heterocycles. The molecule has 31 heavy (non-hydrogen) atoms. The molecule has 3 amide bonds. The van der Waals surface area contributed by atoms with Crippen LogP contribution in [0.1, 0.15) is 72.1 Å². The Morgan fingerprint density at radius 3 is 2.26 bits per heavy atom. The van der Waals surface area contributed by atoms with Crippen molar-refractivity contribution in [2.45, 2.75) is 83.8 Å². The van der Waals surface area contributed by atoms with E-state index in [1.807, 2.05) is 20.8 Å². The lowest BCUT2D eigenvalue weighted by molar-refractivity contribution is -0.141. The average Bonchev–Trinajstić information content (AvgIpc) is 2.69. The first-order valence-electron chi connectivity index (χ1n) is 11.3. The highest BCUT2D eigenvalue weighted by molar-refractivity contribution is 5.81. The Morgan fingerprint density at radius 1 is 0.968 bits per heavy atom. The predicted octanol–water partition coefficient (Wildman–Crippen LogP) is 2.39. The summed E-state index contributed by atoms with van der Waals surface area (Å²) in [6.45, 7) is 7.92. The van der Waals surface area contributed by atoms with Crippen molar-refractivity contribution in [1.82, 2.24) is 15.1 Å². The van der Waals surface area contributed by atoms with E-state index in [9.17, 15) is 19.2 Å². The van der Waals surface area contributed by atoms with Gasteiger partial charge < -0.3 is 25.0 Å². The highest BCUT2D eigenvalue weighted by Crippen LogP contribution is 2.23. The summed E-state index contributed by atoms with van der Waals surface area (Å²) in [7, 11) is 0. The van der Waals surface area contributed by atoms with Crippen molar-refractivity contribution in [2.75, 3.05) is 26.2 Å². The van der Waals surface area contributed by atoms with Crippen molar-refractivity contribution in [3.8, 4) is 0 Å². The third-order valence-electron chi connectivity index (χ3n) is 5.74. The van der Waals surface area contributed by atoms with Crippen molar-refractivity contribution in [1.29, 1.82) is 0 Å². The number of carbonyl (C=O) groups is 4. The van der Waals surface area contributed by atoms with Crippen LogP contribution in [-0.4, -0.2) is 76.6 Å². The number of hydrogen-bond donors (Lipinski definition) is 2. The van der Waals surface area contributed by atoms with Crippen LogP contribution < -0.4 is 5.32 Å². The molecule has 2 saturated heterocycles. The molecular formula is C22H37N3O6. The van der Waals surface area contributed by atoms with Gasteiger partial charge in [0.1, 0.15) is 5.60 Å². The van der Waals surface area contributed by atoms with Crippen molar-refractivity contribution >= 4 is 23.9 Å². The van der Waals surface area contributed by atoms with E-state index in [0.717, 1.165) is 32.1 Å². The minimum Gasteiger partial charge on any atom is -0.481 e. The van der Waals surface area contributed by atoms with E-state index >= 15 is 0 Å². The Balaban J connectivity index is 1.66. The van der Waals surface area contributed by atoms with Gasteiger partial charge >= 0.3 is 12.1 Å². The summed E-state index contributed by atoms with van der Waals surface area (Å²) in [5.74, 6) is -0.755. The van der Waals surface area contributed by atoms with E-state index in [1.165, 1.54) is 0 Å². The predicted molar refractivity (Wildman–Crippen MR) is 114 cm³/mol. The summed E-state index contributed by atoms with van der Waals surface area (Å²) in [5.41, 5.74) is -0.498. The number of nitrogens with one attached hydrogen (secondary N) is 1. The third kappa shape index (κ3) is 9.14. The van der Waals surface area contributed by atoms with Gasteiger partial charge in [0.25, 0.3) is 0 Å². The fourth-order valence-electron chi connectivity index (χ4n) is 4.06. The molecule has 0 bridgehead atoms. The number of likely N-dealkylation sites (tertiary alicyclic amines) is 2. The van der Waals surface area contributed by atoms with Gasteiger partial charge in [-0.2, -0.15) is 0 Å². The van der Waals surface area contributed by atoms with Crippen LogP contribution in [-0.2, 0) is 19.1 Å². The topological polar surface area (TPSA) is 116 Å². The van der Waals surface area contributed by atoms with Gasteiger partial charge in [-0.05, 0) is 58.8 Å². The van der Waals surface area contributed by atoms with Gasteiger partial charge in [0.05, 0.1) is 6.42 Å².